The van der Waals surface area contributed by atoms with Crippen molar-refractivity contribution in [2.24, 2.45) is 0 Å². The lowest BCUT2D eigenvalue weighted by Gasteiger charge is -2.26. The van der Waals surface area contributed by atoms with Crippen LogP contribution in [0.1, 0.15) is 36.6 Å². The first-order valence-corrected chi connectivity index (χ1v) is 11.5. The molecule has 0 spiro atoms. The van der Waals surface area contributed by atoms with Gasteiger partial charge in [0.25, 0.3) is 11.7 Å². The summed E-state index contributed by atoms with van der Waals surface area (Å²) in [5.74, 6) is -1.17. The molecule has 2 N–H and O–H groups in total. The number of hydrogen-bond acceptors (Lipinski definition) is 6. The Labute approximate surface area is 207 Å². The Morgan fingerprint density at radius 1 is 1.03 bits per heavy atom. The van der Waals surface area contributed by atoms with E-state index in [0.29, 0.717) is 34.0 Å². The monoisotopic (exact) mass is 484 g/mol. The molecular formula is C28H24N2O6. The molecule has 8 nitrogen and oxygen atoms in total. The largest absolute Gasteiger partial charge is 0.507 e. The third-order valence-electron chi connectivity index (χ3n) is 6.24. The summed E-state index contributed by atoms with van der Waals surface area (Å²) in [4.78, 5) is 39.7. The number of hydrogen-bond donors (Lipinski definition) is 2. The second kappa shape index (κ2) is 9.22. The minimum Gasteiger partial charge on any atom is -0.507 e. The predicted octanol–water partition coefficient (Wildman–Crippen LogP) is 4.56. The maximum Gasteiger partial charge on any atom is 0.300 e. The molecule has 8 heteroatoms. The van der Waals surface area contributed by atoms with E-state index >= 15 is 0 Å². The van der Waals surface area contributed by atoms with E-state index in [9.17, 15) is 19.5 Å². The first-order chi connectivity index (χ1) is 17.4. The minimum absolute atomic E-state index is 0.0342. The third kappa shape index (κ3) is 4.07. The van der Waals surface area contributed by atoms with E-state index in [0.717, 1.165) is 12.0 Å². The van der Waals surface area contributed by atoms with E-state index in [4.69, 9.17) is 9.47 Å². The molecule has 0 aromatic heterocycles. The smallest absolute Gasteiger partial charge is 0.300 e. The van der Waals surface area contributed by atoms with Crippen molar-refractivity contribution in [2.45, 2.75) is 26.3 Å². The van der Waals surface area contributed by atoms with E-state index in [-0.39, 0.29) is 24.0 Å². The summed E-state index contributed by atoms with van der Waals surface area (Å²) >= 11 is 0. The van der Waals surface area contributed by atoms with Crippen molar-refractivity contribution >= 4 is 34.7 Å². The van der Waals surface area contributed by atoms with Gasteiger partial charge in [-0.2, -0.15) is 0 Å². The summed E-state index contributed by atoms with van der Waals surface area (Å²) in [5, 5.41) is 14.0. The number of aliphatic hydroxyl groups excluding tert-OH is 1. The molecule has 3 aromatic carbocycles. The summed E-state index contributed by atoms with van der Waals surface area (Å²) in [6.45, 7) is 3.49. The van der Waals surface area contributed by atoms with Crippen LogP contribution in [0.3, 0.4) is 0 Å². The average Bonchev–Trinajstić information content (AvgIpc) is 3.45. The van der Waals surface area contributed by atoms with Crippen LogP contribution in [0.5, 0.6) is 11.5 Å². The number of fused-ring (bicyclic) bond motifs is 1. The maximum atomic E-state index is 13.4. The number of aryl methyl sites for hydroxylation is 1. The molecule has 3 aromatic rings. The molecule has 1 fully saturated rings. The second-order valence-electron chi connectivity index (χ2n) is 8.56. The van der Waals surface area contributed by atoms with Gasteiger partial charge >= 0.3 is 0 Å². The standard InChI is InChI=1S/C28H24N2O6/c1-3-17-7-9-18(10-8-17)25-24(26(32)19-11-12-22-23(13-19)36-15-35-22)27(33)28(34)30(25)21-6-4-5-20(14-21)29-16(2)31/h4-14,25,32H,3,15H2,1-2H3,(H,29,31)/b26-24-. The lowest BCUT2D eigenvalue weighted by atomic mass is 9.94. The molecule has 36 heavy (non-hydrogen) atoms. The molecule has 1 unspecified atom stereocenters. The molecule has 2 amide bonds. The van der Waals surface area contributed by atoms with Crippen molar-refractivity contribution in [2.75, 3.05) is 17.0 Å². The Bertz CT molecular complexity index is 1410. The Morgan fingerprint density at radius 2 is 1.78 bits per heavy atom. The van der Waals surface area contributed by atoms with E-state index < -0.39 is 17.7 Å². The Kier molecular flexibility index (Phi) is 5.93. The van der Waals surface area contributed by atoms with E-state index in [2.05, 4.69) is 5.32 Å². The van der Waals surface area contributed by atoms with Crippen molar-refractivity contribution in [3.63, 3.8) is 0 Å². The highest BCUT2D eigenvalue weighted by Gasteiger charge is 2.47. The number of anilines is 2. The van der Waals surface area contributed by atoms with Crippen LogP contribution in [0.15, 0.2) is 72.3 Å². The Morgan fingerprint density at radius 3 is 2.50 bits per heavy atom. The lowest BCUT2D eigenvalue weighted by molar-refractivity contribution is -0.132. The van der Waals surface area contributed by atoms with Crippen LogP contribution in [-0.2, 0) is 20.8 Å². The molecule has 0 bridgehead atoms. The van der Waals surface area contributed by atoms with Crippen LogP contribution in [0.25, 0.3) is 5.76 Å². The predicted molar refractivity (Wildman–Crippen MR) is 134 cm³/mol. The van der Waals surface area contributed by atoms with Gasteiger partial charge in [-0.1, -0.05) is 37.3 Å². The van der Waals surface area contributed by atoms with Gasteiger partial charge in [0.05, 0.1) is 11.6 Å². The highest BCUT2D eigenvalue weighted by molar-refractivity contribution is 6.51. The number of Topliss-reactive ketones (excluding diaryl/α,β-unsaturated/α-hetero) is 1. The maximum absolute atomic E-state index is 13.4. The summed E-state index contributed by atoms with van der Waals surface area (Å²) in [7, 11) is 0. The summed E-state index contributed by atoms with van der Waals surface area (Å²) in [6, 6.07) is 18.2. The highest BCUT2D eigenvalue weighted by Crippen LogP contribution is 2.44. The zero-order valence-corrected chi connectivity index (χ0v) is 19.8. The number of nitrogens with one attached hydrogen (secondary N) is 1. The van der Waals surface area contributed by atoms with Crippen LogP contribution in [0.2, 0.25) is 0 Å². The molecule has 2 heterocycles. The molecule has 1 saturated heterocycles. The molecule has 182 valence electrons. The fraction of sp³-hybridized carbons (Fsp3) is 0.179. The van der Waals surface area contributed by atoms with Gasteiger partial charge in [0.15, 0.2) is 11.5 Å². The van der Waals surface area contributed by atoms with Crippen molar-refractivity contribution in [1.29, 1.82) is 0 Å². The van der Waals surface area contributed by atoms with Crippen molar-refractivity contribution < 1.29 is 29.0 Å². The van der Waals surface area contributed by atoms with Crippen molar-refractivity contribution in [3.05, 3.63) is 89.0 Å². The summed E-state index contributed by atoms with van der Waals surface area (Å²) < 4.78 is 10.8. The van der Waals surface area contributed by atoms with Gasteiger partial charge in [-0.3, -0.25) is 19.3 Å². The zero-order valence-electron chi connectivity index (χ0n) is 19.8. The number of benzene rings is 3. The SMILES string of the molecule is CCc1ccc(C2/C(=C(/O)c3ccc4c(c3)OCO4)C(=O)C(=O)N2c2cccc(NC(C)=O)c2)cc1. The molecule has 0 saturated carbocycles. The van der Waals surface area contributed by atoms with Gasteiger partial charge in [0.2, 0.25) is 12.7 Å². The normalized spacial score (nSPS) is 17.9. The van der Waals surface area contributed by atoms with Crippen LogP contribution in [0, 0.1) is 0 Å². The summed E-state index contributed by atoms with van der Waals surface area (Å²) in [5.41, 5.74) is 2.96. The number of rotatable bonds is 5. The second-order valence-corrected chi connectivity index (χ2v) is 8.56. The highest BCUT2D eigenvalue weighted by atomic mass is 16.7. The van der Waals surface area contributed by atoms with E-state index in [1.165, 1.54) is 11.8 Å². The molecule has 2 aliphatic rings. The quantitative estimate of drug-likeness (QED) is 0.312. The lowest BCUT2D eigenvalue weighted by Crippen LogP contribution is -2.29. The number of ketones is 1. The van der Waals surface area contributed by atoms with Gasteiger partial charge in [-0.25, -0.2) is 0 Å². The fourth-order valence-electron chi connectivity index (χ4n) is 4.49. The Hall–Kier alpha value is -4.59. The first-order valence-electron chi connectivity index (χ1n) is 11.5. The topological polar surface area (TPSA) is 105 Å². The molecule has 0 radical (unpaired) electrons. The van der Waals surface area contributed by atoms with Gasteiger partial charge in [-0.05, 0) is 53.9 Å². The number of aliphatic hydroxyl groups is 1. The van der Waals surface area contributed by atoms with Gasteiger partial charge in [0.1, 0.15) is 5.76 Å². The third-order valence-corrected chi connectivity index (χ3v) is 6.24. The Balaban J connectivity index is 1.67. The number of amides is 2. The van der Waals surface area contributed by atoms with Gasteiger partial charge in [0, 0.05) is 23.9 Å². The van der Waals surface area contributed by atoms with E-state index in [1.807, 2.05) is 31.2 Å². The number of carbonyl (C=O) groups is 3. The van der Waals surface area contributed by atoms with Crippen LogP contribution in [-0.4, -0.2) is 29.5 Å². The number of ether oxygens (including phenoxy) is 2. The van der Waals surface area contributed by atoms with E-state index in [1.54, 1.807) is 42.5 Å². The minimum atomic E-state index is -0.881. The molecule has 0 aliphatic carbocycles. The average molecular weight is 485 g/mol. The van der Waals surface area contributed by atoms with Crippen molar-refractivity contribution in [1.82, 2.24) is 0 Å². The summed E-state index contributed by atoms with van der Waals surface area (Å²) in [6.07, 6.45) is 0.830. The molecular weight excluding hydrogens is 460 g/mol. The number of carbonyl (C=O) groups excluding carboxylic acids is 3. The molecule has 2 aliphatic heterocycles. The molecule has 5 rings (SSSR count). The van der Waals surface area contributed by atoms with Crippen LogP contribution >= 0.6 is 0 Å². The van der Waals surface area contributed by atoms with Crippen LogP contribution in [0.4, 0.5) is 11.4 Å². The molecule has 1 atom stereocenters. The number of nitrogens with zero attached hydrogens (tertiary/aromatic N) is 1. The van der Waals surface area contributed by atoms with Gasteiger partial charge in [-0.15, -0.1) is 0 Å². The fourth-order valence-corrected chi connectivity index (χ4v) is 4.49. The van der Waals surface area contributed by atoms with Crippen LogP contribution < -0.4 is 19.7 Å². The van der Waals surface area contributed by atoms with Crippen molar-refractivity contribution in [3.8, 4) is 11.5 Å². The van der Waals surface area contributed by atoms with Gasteiger partial charge < -0.3 is 19.9 Å². The zero-order chi connectivity index (χ0) is 25.4. The first kappa shape index (κ1) is 23.2.